The Balaban J connectivity index is 2.09. The summed E-state index contributed by atoms with van der Waals surface area (Å²) in [7, 11) is 1.34. The summed E-state index contributed by atoms with van der Waals surface area (Å²) >= 11 is 1.57. The van der Waals surface area contributed by atoms with Gasteiger partial charge < -0.3 is 14.1 Å². The highest BCUT2D eigenvalue weighted by molar-refractivity contribution is 7.26. The summed E-state index contributed by atoms with van der Waals surface area (Å²) in [4.78, 5) is 20.4. The molecule has 1 N–H and O–H groups in total. The van der Waals surface area contributed by atoms with E-state index in [0.717, 1.165) is 31.6 Å². The molecule has 5 nitrogen and oxygen atoms in total. The summed E-state index contributed by atoms with van der Waals surface area (Å²) in [5.41, 5.74) is 4.69. The van der Waals surface area contributed by atoms with Crippen LogP contribution in [0, 0.1) is 13.8 Å². The highest BCUT2D eigenvalue weighted by Gasteiger charge is 2.20. The van der Waals surface area contributed by atoms with E-state index in [-0.39, 0.29) is 5.76 Å². The van der Waals surface area contributed by atoms with E-state index < -0.39 is 5.97 Å². The molecule has 6 heteroatoms. The van der Waals surface area contributed by atoms with Crippen molar-refractivity contribution in [2.24, 2.45) is 0 Å². The minimum absolute atomic E-state index is 0.207. The van der Waals surface area contributed by atoms with E-state index in [2.05, 4.69) is 27.7 Å². The molecule has 21 heavy (non-hydrogen) atoms. The molecule has 0 saturated carbocycles. The first-order valence-corrected chi connectivity index (χ1v) is 7.30. The molecule has 4 aromatic heterocycles. The van der Waals surface area contributed by atoms with E-state index in [1.165, 1.54) is 12.7 Å². The molecule has 0 unspecified atom stereocenters. The standard InChI is InChI=1S/C15H12N2O3S/c1-6-4-7(2)16-14-10(6)11-13(21-14)12-8(17-11)5-9(20-12)15(18)19-3/h4-5,17H,1-3H3. The van der Waals surface area contributed by atoms with Crippen LogP contribution in [0.4, 0.5) is 0 Å². The number of methoxy groups -OCH3 is 1. The van der Waals surface area contributed by atoms with E-state index in [4.69, 9.17) is 4.42 Å². The quantitative estimate of drug-likeness (QED) is 0.541. The molecule has 0 aliphatic rings. The first kappa shape index (κ1) is 12.4. The van der Waals surface area contributed by atoms with Gasteiger partial charge in [-0.05, 0) is 25.5 Å². The molecule has 0 aliphatic carbocycles. The van der Waals surface area contributed by atoms with Gasteiger partial charge in [0.25, 0.3) is 0 Å². The Morgan fingerprint density at radius 2 is 2.19 bits per heavy atom. The molecule has 0 radical (unpaired) electrons. The van der Waals surface area contributed by atoms with Crippen molar-refractivity contribution in [1.29, 1.82) is 0 Å². The predicted octanol–water partition coefficient (Wildman–Crippen LogP) is 3.93. The van der Waals surface area contributed by atoms with E-state index >= 15 is 0 Å². The van der Waals surface area contributed by atoms with Crippen LogP contribution in [0.2, 0.25) is 0 Å². The first-order chi connectivity index (χ1) is 10.1. The number of nitrogens with one attached hydrogen (secondary N) is 1. The van der Waals surface area contributed by atoms with Crippen LogP contribution in [0.3, 0.4) is 0 Å². The van der Waals surface area contributed by atoms with Crippen molar-refractivity contribution in [1.82, 2.24) is 9.97 Å². The fraction of sp³-hybridized carbons (Fsp3) is 0.200. The van der Waals surface area contributed by atoms with E-state index in [1.807, 2.05) is 6.92 Å². The Hall–Kier alpha value is -2.34. The van der Waals surface area contributed by atoms with Crippen molar-refractivity contribution < 1.29 is 13.9 Å². The number of hydrogen-bond acceptors (Lipinski definition) is 5. The predicted molar refractivity (Wildman–Crippen MR) is 82.1 cm³/mol. The van der Waals surface area contributed by atoms with Crippen molar-refractivity contribution in [3.05, 3.63) is 29.2 Å². The number of pyridine rings is 1. The lowest BCUT2D eigenvalue weighted by atomic mass is 10.2. The zero-order chi connectivity index (χ0) is 14.7. The summed E-state index contributed by atoms with van der Waals surface area (Å²) in [5, 5.41) is 1.12. The van der Waals surface area contributed by atoms with E-state index in [9.17, 15) is 4.79 Å². The van der Waals surface area contributed by atoms with E-state index in [1.54, 1.807) is 17.4 Å². The molecule has 0 fully saturated rings. The molecule has 4 aromatic rings. The van der Waals surface area contributed by atoms with Crippen LogP contribution in [0.1, 0.15) is 21.8 Å². The second kappa shape index (κ2) is 4.08. The number of ether oxygens (including phenoxy) is 1. The van der Waals surface area contributed by atoms with Crippen molar-refractivity contribution in [3.8, 4) is 0 Å². The maximum atomic E-state index is 11.5. The van der Waals surface area contributed by atoms with Gasteiger partial charge >= 0.3 is 5.97 Å². The number of aromatic nitrogens is 2. The zero-order valence-electron chi connectivity index (χ0n) is 11.7. The number of H-pyrrole nitrogens is 1. The number of nitrogens with zero attached hydrogens (tertiary/aromatic N) is 1. The van der Waals surface area contributed by atoms with Crippen LogP contribution in [-0.4, -0.2) is 23.0 Å². The van der Waals surface area contributed by atoms with Crippen LogP contribution in [0.25, 0.3) is 31.5 Å². The second-order valence-corrected chi connectivity index (χ2v) is 6.04. The van der Waals surface area contributed by atoms with Crippen LogP contribution < -0.4 is 0 Å². The Labute approximate surface area is 123 Å². The fourth-order valence-electron chi connectivity index (χ4n) is 2.71. The normalized spacial score (nSPS) is 11.8. The lowest BCUT2D eigenvalue weighted by molar-refractivity contribution is 0.0568. The molecule has 0 spiro atoms. The van der Waals surface area contributed by atoms with Crippen LogP contribution in [-0.2, 0) is 4.74 Å². The third-order valence-electron chi connectivity index (χ3n) is 3.57. The Morgan fingerprint density at radius 1 is 1.38 bits per heavy atom. The second-order valence-electron chi connectivity index (χ2n) is 5.04. The number of aryl methyl sites for hydroxylation is 2. The highest BCUT2D eigenvalue weighted by Crippen LogP contribution is 2.40. The van der Waals surface area contributed by atoms with Gasteiger partial charge in [-0.1, -0.05) is 0 Å². The Kier molecular flexibility index (Phi) is 2.41. The third kappa shape index (κ3) is 1.62. The van der Waals surface area contributed by atoms with Gasteiger partial charge in [0.2, 0.25) is 5.76 Å². The number of fused-ring (bicyclic) bond motifs is 5. The number of esters is 1. The van der Waals surface area contributed by atoms with Crippen molar-refractivity contribution in [3.63, 3.8) is 0 Å². The maximum absolute atomic E-state index is 11.5. The number of aromatic amines is 1. The summed E-state index contributed by atoms with van der Waals surface area (Å²) in [6, 6.07) is 3.74. The van der Waals surface area contributed by atoms with Gasteiger partial charge in [-0.15, -0.1) is 11.3 Å². The lowest BCUT2D eigenvalue weighted by Gasteiger charge is -1.97. The highest BCUT2D eigenvalue weighted by atomic mass is 32.1. The summed E-state index contributed by atoms with van der Waals surface area (Å²) in [6.45, 7) is 4.06. The number of carbonyl (C=O) groups is 1. The Bertz CT molecular complexity index is 1020. The van der Waals surface area contributed by atoms with Crippen molar-refractivity contribution >= 4 is 48.8 Å². The topological polar surface area (TPSA) is 68.1 Å². The number of furan rings is 1. The third-order valence-corrected chi connectivity index (χ3v) is 4.65. The molecule has 0 aliphatic heterocycles. The SMILES string of the molecule is COC(=O)c1cc2[nH]c3c(sc4nc(C)cc(C)c43)c2o1. The molecule has 0 saturated heterocycles. The maximum Gasteiger partial charge on any atom is 0.374 e. The van der Waals surface area contributed by atoms with Crippen LogP contribution in [0.5, 0.6) is 0 Å². The first-order valence-electron chi connectivity index (χ1n) is 6.48. The number of hydrogen-bond donors (Lipinski definition) is 1. The zero-order valence-corrected chi connectivity index (χ0v) is 12.6. The van der Waals surface area contributed by atoms with Crippen LogP contribution >= 0.6 is 11.3 Å². The van der Waals surface area contributed by atoms with Crippen molar-refractivity contribution in [2.75, 3.05) is 7.11 Å². The van der Waals surface area contributed by atoms with Gasteiger partial charge in [0.1, 0.15) is 4.83 Å². The number of thiophene rings is 1. The number of carbonyl (C=O) groups excluding carboxylic acids is 1. The Morgan fingerprint density at radius 3 is 2.95 bits per heavy atom. The van der Waals surface area contributed by atoms with Gasteiger partial charge in [0.15, 0.2) is 5.58 Å². The summed E-state index contributed by atoms with van der Waals surface area (Å²) < 4.78 is 11.3. The molecule has 0 atom stereocenters. The largest absolute Gasteiger partial charge is 0.463 e. The lowest BCUT2D eigenvalue weighted by Crippen LogP contribution is -1.98. The van der Waals surface area contributed by atoms with Gasteiger partial charge in [-0.3, -0.25) is 0 Å². The van der Waals surface area contributed by atoms with Crippen LogP contribution in [0.15, 0.2) is 16.5 Å². The van der Waals surface area contributed by atoms with Gasteiger partial charge in [0, 0.05) is 17.1 Å². The molecular formula is C15H12N2O3S. The molecule has 0 aromatic carbocycles. The van der Waals surface area contributed by atoms with Gasteiger partial charge in [-0.25, -0.2) is 9.78 Å². The molecule has 0 amide bonds. The average Bonchev–Trinajstić information content (AvgIpc) is 3.06. The molecular weight excluding hydrogens is 288 g/mol. The minimum Gasteiger partial charge on any atom is -0.463 e. The average molecular weight is 300 g/mol. The molecule has 4 heterocycles. The fourth-order valence-corrected chi connectivity index (χ4v) is 3.96. The summed E-state index contributed by atoms with van der Waals surface area (Å²) in [5.74, 6) is -0.266. The monoisotopic (exact) mass is 300 g/mol. The smallest absolute Gasteiger partial charge is 0.374 e. The van der Waals surface area contributed by atoms with Gasteiger partial charge in [-0.2, -0.15) is 0 Å². The summed E-state index contributed by atoms with van der Waals surface area (Å²) in [6.07, 6.45) is 0. The molecule has 106 valence electrons. The molecule has 0 bridgehead atoms. The van der Waals surface area contributed by atoms with Crippen molar-refractivity contribution in [2.45, 2.75) is 13.8 Å². The van der Waals surface area contributed by atoms with E-state index in [0.29, 0.717) is 5.58 Å². The minimum atomic E-state index is -0.473. The molecule has 4 rings (SSSR count). The number of rotatable bonds is 1. The van der Waals surface area contributed by atoms with Gasteiger partial charge in [0.05, 0.1) is 22.8 Å².